The van der Waals surface area contributed by atoms with Crippen LogP contribution in [0.3, 0.4) is 0 Å². The van der Waals surface area contributed by atoms with Crippen molar-refractivity contribution < 1.29 is 9.53 Å². The van der Waals surface area contributed by atoms with E-state index in [9.17, 15) is 10.1 Å². The number of carbonyl (C=O) groups is 1. The van der Waals surface area contributed by atoms with Gasteiger partial charge in [0.15, 0.2) is 0 Å². The fourth-order valence-electron chi connectivity index (χ4n) is 4.39. The average Bonchev–Trinajstić information content (AvgIpc) is 3.29. The number of ether oxygens (including phenoxy) is 1. The monoisotopic (exact) mass is 515 g/mol. The molecular weight excluding hydrogens is 482 g/mol. The molecule has 11 nitrogen and oxygen atoms in total. The molecule has 0 unspecified atom stereocenters. The molecule has 1 aliphatic rings. The Morgan fingerprint density at radius 2 is 2.03 bits per heavy atom. The smallest absolute Gasteiger partial charge is 0.408 e. The Hall–Kier alpha value is -4.46. The Bertz CT molecular complexity index is 1420. The van der Waals surface area contributed by atoms with Gasteiger partial charge in [-0.25, -0.2) is 19.3 Å². The predicted molar refractivity (Wildman–Crippen MR) is 147 cm³/mol. The summed E-state index contributed by atoms with van der Waals surface area (Å²) >= 11 is 0. The second-order valence-corrected chi connectivity index (χ2v) is 10.5. The summed E-state index contributed by atoms with van der Waals surface area (Å²) in [5.74, 6) is 0.829. The molecule has 3 aromatic rings. The molecule has 3 N–H and O–H groups in total. The summed E-state index contributed by atoms with van der Waals surface area (Å²) in [4.78, 5) is 28.0. The van der Waals surface area contributed by atoms with Crippen LogP contribution in [0.25, 0.3) is 22.3 Å². The zero-order valence-corrected chi connectivity index (χ0v) is 22.4. The van der Waals surface area contributed by atoms with E-state index in [4.69, 9.17) is 20.4 Å². The van der Waals surface area contributed by atoms with Crippen LogP contribution >= 0.6 is 0 Å². The number of amides is 1. The number of nitrogens with one attached hydrogen (secondary N) is 1. The van der Waals surface area contributed by atoms with Gasteiger partial charge in [-0.3, -0.25) is 4.99 Å². The lowest BCUT2D eigenvalue weighted by molar-refractivity contribution is 0.0448. The molecule has 1 aliphatic heterocycles. The van der Waals surface area contributed by atoms with E-state index in [1.165, 1.54) is 12.4 Å². The summed E-state index contributed by atoms with van der Waals surface area (Å²) in [6.07, 6.45) is 9.16. The summed E-state index contributed by atoms with van der Waals surface area (Å²) < 4.78 is 7.06. The lowest BCUT2D eigenvalue weighted by Crippen LogP contribution is -2.54. The van der Waals surface area contributed by atoms with Crippen molar-refractivity contribution in [3.05, 3.63) is 48.2 Å². The molecular formula is C27H33N9O2. The van der Waals surface area contributed by atoms with Crippen molar-refractivity contribution >= 4 is 29.2 Å². The van der Waals surface area contributed by atoms with Crippen molar-refractivity contribution in [2.24, 2.45) is 10.7 Å². The molecule has 0 radical (unpaired) electrons. The van der Waals surface area contributed by atoms with Crippen LogP contribution in [0.4, 0.5) is 10.6 Å². The van der Waals surface area contributed by atoms with E-state index in [1.54, 1.807) is 30.2 Å². The fourth-order valence-corrected chi connectivity index (χ4v) is 4.39. The molecule has 0 bridgehead atoms. The van der Waals surface area contributed by atoms with Gasteiger partial charge in [-0.2, -0.15) is 10.4 Å². The van der Waals surface area contributed by atoms with Crippen LogP contribution < -0.4 is 16.0 Å². The molecule has 1 saturated heterocycles. The summed E-state index contributed by atoms with van der Waals surface area (Å²) in [6.45, 7) is 9.07. The van der Waals surface area contributed by atoms with Gasteiger partial charge >= 0.3 is 6.09 Å². The number of nitrogens with two attached hydrogens (primary N) is 1. The van der Waals surface area contributed by atoms with Crippen LogP contribution in [0, 0.1) is 11.3 Å². The third-order valence-corrected chi connectivity index (χ3v) is 6.38. The number of carbonyl (C=O) groups excluding carboxylic acids is 1. The molecule has 1 fully saturated rings. The van der Waals surface area contributed by atoms with E-state index in [0.29, 0.717) is 28.0 Å². The minimum absolute atomic E-state index is 0.347. The molecule has 3 aromatic heterocycles. The molecule has 1 amide bonds. The van der Waals surface area contributed by atoms with E-state index in [-0.39, 0.29) is 5.54 Å². The maximum Gasteiger partial charge on any atom is 0.408 e. The third-order valence-electron chi connectivity index (χ3n) is 6.38. The number of pyridine rings is 1. The number of allylic oxidation sites excluding steroid dienone is 1. The van der Waals surface area contributed by atoms with E-state index in [0.717, 1.165) is 37.3 Å². The second kappa shape index (κ2) is 10.5. The standard InChI is InChI=1S/C27H33N9O2/c1-26(2,3)38-25(37)34-27(4)8-10-35(11-9-27)22-7-6-18(15-31-22)23-24-20(13-29)16-32-36(24)17-21(33-23)19(12-28)14-30-5/h6-7,12,14-17H,8-11,28H2,1-5H3,(H,34,37). The van der Waals surface area contributed by atoms with Crippen LogP contribution in [-0.2, 0) is 4.74 Å². The first-order valence-electron chi connectivity index (χ1n) is 12.4. The summed E-state index contributed by atoms with van der Waals surface area (Å²) in [5.41, 5.74) is 8.46. The number of hydrogen-bond donors (Lipinski definition) is 2. The van der Waals surface area contributed by atoms with Gasteiger partial charge in [-0.05, 0) is 52.7 Å². The first kappa shape index (κ1) is 26.6. The molecule has 0 atom stereocenters. The highest BCUT2D eigenvalue weighted by molar-refractivity contribution is 6.09. The lowest BCUT2D eigenvalue weighted by Gasteiger charge is -2.40. The SMILES string of the molecule is CN=CC(=CN)c1cn2ncc(C#N)c2c(-c2ccc(N3CCC(C)(NC(=O)OC(C)(C)C)CC3)nc2)n1. The Labute approximate surface area is 222 Å². The van der Waals surface area contributed by atoms with Gasteiger partial charge in [-0.1, -0.05) is 0 Å². The van der Waals surface area contributed by atoms with Crippen molar-refractivity contribution in [2.45, 2.75) is 51.7 Å². The first-order valence-corrected chi connectivity index (χ1v) is 12.4. The number of nitrogens with zero attached hydrogens (tertiary/aromatic N) is 7. The normalized spacial score (nSPS) is 16.0. The number of rotatable bonds is 5. The van der Waals surface area contributed by atoms with Crippen molar-refractivity contribution in [2.75, 3.05) is 25.0 Å². The number of aliphatic imine (C=N–C) groups is 1. The highest BCUT2D eigenvalue weighted by Crippen LogP contribution is 2.30. The Kier molecular flexibility index (Phi) is 7.35. The minimum Gasteiger partial charge on any atom is -0.444 e. The van der Waals surface area contributed by atoms with Crippen molar-refractivity contribution in [1.29, 1.82) is 5.26 Å². The number of piperidine rings is 1. The highest BCUT2D eigenvalue weighted by Gasteiger charge is 2.33. The van der Waals surface area contributed by atoms with Gasteiger partial charge in [0.1, 0.15) is 28.6 Å². The van der Waals surface area contributed by atoms with Crippen LogP contribution in [0.15, 0.2) is 41.9 Å². The van der Waals surface area contributed by atoms with Crippen LogP contribution in [-0.4, -0.2) is 63.2 Å². The van der Waals surface area contributed by atoms with E-state index < -0.39 is 11.7 Å². The molecule has 198 valence electrons. The zero-order valence-electron chi connectivity index (χ0n) is 22.4. The number of anilines is 1. The highest BCUT2D eigenvalue weighted by atomic mass is 16.6. The number of alkyl carbamates (subject to hydrolysis) is 1. The molecule has 11 heteroatoms. The van der Waals surface area contributed by atoms with Gasteiger partial charge in [0.2, 0.25) is 0 Å². The fraction of sp³-hybridized carbons (Fsp3) is 0.407. The van der Waals surface area contributed by atoms with E-state index >= 15 is 0 Å². The quantitative estimate of drug-likeness (QED) is 0.490. The summed E-state index contributed by atoms with van der Waals surface area (Å²) in [5, 5.41) is 17.0. The minimum atomic E-state index is -0.538. The second-order valence-electron chi connectivity index (χ2n) is 10.5. The Morgan fingerprint density at radius 3 is 2.61 bits per heavy atom. The van der Waals surface area contributed by atoms with E-state index in [1.807, 2.05) is 39.8 Å². The molecule has 4 heterocycles. The maximum absolute atomic E-state index is 12.3. The van der Waals surface area contributed by atoms with Crippen molar-refractivity contribution in [1.82, 2.24) is 24.9 Å². The molecule has 0 aromatic carbocycles. The predicted octanol–water partition coefficient (Wildman–Crippen LogP) is 3.55. The number of nitriles is 1. The van der Waals surface area contributed by atoms with Gasteiger partial charge in [0.25, 0.3) is 0 Å². The average molecular weight is 516 g/mol. The van der Waals surface area contributed by atoms with Crippen LogP contribution in [0.5, 0.6) is 0 Å². The number of fused-ring (bicyclic) bond motifs is 1. The number of aromatic nitrogens is 4. The van der Waals surface area contributed by atoms with Crippen LogP contribution in [0.1, 0.15) is 51.8 Å². The molecule has 0 spiro atoms. The first-order chi connectivity index (χ1) is 18.1. The summed E-state index contributed by atoms with van der Waals surface area (Å²) in [6, 6.07) is 6.07. The van der Waals surface area contributed by atoms with E-state index in [2.05, 4.69) is 26.4 Å². The molecule has 0 aliphatic carbocycles. The summed E-state index contributed by atoms with van der Waals surface area (Å²) in [7, 11) is 1.66. The Balaban J connectivity index is 1.56. The lowest BCUT2D eigenvalue weighted by atomic mass is 9.90. The maximum atomic E-state index is 12.3. The Morgan fingerprint density at radius 1 is 1.29 bits per heavy atom. The topological polar surface area (TPSA) is 147 Å². The van der Waals surface area contributed by atoms with Crippen molar-refractivity contribution in [3.8, 4) is 17.3 Å². The molecule has 38 heavy (non-hydrogen) atoms. The zero-order chi connectivity index (χ0) is 27.5. The molecule has 0 saturated carbocycles. The number of hydrogen-bond acceptors (Lipinski definition) is 9. The van der Waals surface area contributed by atoms with Gasteiger partial charge in [0.05, 0.1) is 23.8 Å². The van der Waals surface area contributed by atoms with Gasteiger partial charge in [0, 0.05) is 55.4 Å². The van der Waals surface area contributed by atoms with Crippen molar-refractivity contribution in [3.63, 3.8) is 0 Å². The van der Waals surface area contributed by atoms with Gasteiger partial charge in [-0.15, -0.1) is 0 Å². The molecule has 4 rings (SSSR count). The largest absolute Gasteiger partial charge is 0.444 e. The van der Waals surface area contributed by atoms with Crippen LogP contribution in [0.2, 0.25) is 0 Å². The van der Waals surface area contributed by atoms with Gasteiger partial charge < -0.3 is 20.7 Å². The third kappa shape index (κ3) is 5.75.